The summed E-state index contributed by atoms with van der Waals surface area (Å²) in [5.41, 5.74) is -3.08. The van der Waals surface area contributed by atoms with Gasteiger partial charge >= 0.3 is 17.8 Å². The molecule has 0 amide bonds. The molecule has 2 aromatic rings. The molecular weight excluding hydrogens is 297 g/mol. The van der Waals surface area contributed by atoms with Gasteiger partial charge in [-0.2, -0.15) is 18.3 Å². The zero-order valence-corrected chi connectivity index (χ0v) is 9.90. The van der Waals surface area contributed by atoms with Crippen LogP contribution in [0.4, 0.5) is 18.9 Å². The van der Waals surface area contributed by atoms with Crippen LogP contribution in [0.1, 0.15) is 16.2 Å². The Morgan fingerprint density at radius 3 is 2.57 bits per heavy atom. The predicted octanol–water partition coefficient (Wildman–Crippen LogP) is 1.89. The van der Waals surface area contributed by atoms with Crippen LogP contribution in [-0.2, 0) is 6.18 Å². The van der Waals surface area contributed by atoms with Gasteiger partial charge in [0.25, 0.3) is 0 Å². The Labute approximate surface area is 113 Å². The van der Waals surface area contributed by atoms with Crippen LogP contribution >= 0.6 is 0 Å². The van der Waals surface area contributed by atoms with Crippen molar-refractivity contribution in [1.82, 2.24) is 14.8 Å². The van der Waals surface area contributed by atoms with Crippen LogP contribution in [0.5, 0.6) is 0 Å². The number of hydrogen-bond donors (Lipinski definition) is 1. The number of pyridine rings is 1. The van der Waals surface area contributed by atoms with Crippen LogP contribution in [0, 0.1) is 10.1 Å². The number of carboxylic acids is 1. The van der Waals surface area contributed by atoms with Crippen LogP contribution in [0.2, 0.25) is 0 Å². The average molecular weight is 302 g/mol. The largest absolute Gasteiger partial charge is 0.476 e. The third-order valence-corrected chi connectivity index (χ3v) is 2.40. The van der Waals surface area contributed by atoms with E-state index >= 15 is 0 Å². The van der Waals surface area contributed by atoms with Crippen LogP contribution in [-0.4, -0.2) is 30.8 Å². The van der Waals surface area contributed by atoms with E-state index in [0.29, 0.717) is 16.9 Å². The monoisotopic (exact) mass is 302 g/mol. The van der Waals surface area contributed by atoms with Gasteiger partial charge < -0.3 is 5.11 Å². The highest BCUT2D eigenvalue weighted by atomic mass is 19.4. The third kappa shape index (κ3) is 2.80. The molecule has 0 aliphatic rings. The molecular formula is C10H5F3N4O4. The standard InChI is InChI=1S/C10H5F3N4O4/c11-10(12,13)8-3-6(7(4-14-8)17(20)21)16-2-1-5(15-16)9(18)19/h1-4H,(H,18,19). The van der Waals surface area contributed by atoms with E-state index in [2.05, 4.69) is 10.1 Å². The van der Waals surface area contributed by atoms with E-state index in [0.717, 1.165) is 12.3 Å². The number of carboxylic acid groups (broad SMARTS) is 1. The Morgan fingerprint density at radius 2 is 2.10 bits per heavy atom. The summed E-state index contributed by atoms with van der Waals surface area (Å²) in [4.78, 5) is 23.5. The molecule has 0 bridgehead atoms. The number of hydrogen-bond acceptors (Lipinski definition) is 5. The van der Waals surface area contributed by atoms with Crippen molar-refractivity contribution in [1.29, 1.82) is 0 Å². The number of rotatable bonds is 3. The lowest BCUT2D eigenvalue weighted by Crippen LogP contribution is -2.11. The van der Waals surface area contributed by atoms with Crippen molar-refractivity contribution in [2.75, 3.05) is 0 Å². The van der Waals surface area contributed by atoms with Gasteiger partial charge in [0.2, 0.25) is 0 Å². The lowest BCUT2D eigenvalue weighted by Gasteiger charge is -2.08. The summed E-state index contributed by atoms with van der Waals surface area (Å²) in [7, 11) is 0. The Morgan fingerprint density at radius 1 is 1.43 bits per heavy atom. The molecule has 0 aliphatic heterocycles. The van der Waals surface area contributed by atoms with Gasteiger partial charge in [0, 0.05) is 12.3 Å². The summed E-state index contributed by atoms with van der Waals surface area (Å²) >= 11 is 0. The summed E-state index contributed by atoms with van der Waals surface area (Å²) < 4.78 is 38.5. The second-order valence-corrected chi connectivity index (χ2v) is 3.76. The maximum atomic E-state index is 12.6. The molecule has 2 heterocycles. The van der Waals surface area contributed by atoms with E-state index in [-0.39, 0.29) is 0 Å². The fourth-order valence-electron chi connectivity index (χ4n) is 1.49. The smallest absolute Gasteiger partial charge is 0.433 e. The molecule has 0 saturated carbocycles. The molecule has 2 rings (SSSR count). The minimum absolute atomic E-state index is 0.427. The summed E-state index contributed by atoms with van der Waals surface area (Å²) in [6, 6.07) is 1.43. The highest BCUT2D eigenvalue weighted by Crippen LogP contribution is 2.31. The molecule has 21 heavy (non-hydrogen) atoms. The highest BCUT2D eigenvalue weighted by molar-refractivity contribution is 5.85. The first-order chi connectivity index (χ1) is 9.70. The molecule has 0 unspecified atom stereocenters. The SMILES string of the molecule is O=C(O)c1ccn(-c2cc(C(F)(F)F)ncc2[N+](=O)[O-])n1. The fourth-order valence-corrected chi connectivity index (χ4v) is 1.49. The Balaban J connectivity index is 2.62. The average Bonchev–Trinajstić information content (AvgIpc) is 2.86. The van der Waals surface area contributed by atoms with Crippen molar-refractivity contribution in [3.05, 3.63) is 46.0 Å². The van der Waals surface area contributed by atoms with Crippen molar-refractivity contribution >= 4 is 11.7 Å². The van der Waals surface area contributed by atoms with E-state index in [1.165, 1.54) is 0 Å². The topological polar surface area (TPSA) is 111 Å². The number of nitro groups is 1. The van der Waals surface area contributed by atoms with Gasteiger partial charge in [0.05, 0.1) is 4.92 Å². The molecule has 0 spiro atoms. The molecule has 0 aliphatic carbocycles. The van der Waals surface area contributed by atoms with Gasteiger partial charge in [-0.3, -0.25) is 10.1 Å². The fraction of sp³-hybridized carbons (Fsp3) is 0.100. The summed E-state index contributed by atoms with van der Waals surface area (Å²) in [5, 5.41) is 23.0. The van der Waals surface area contributed by atoms with Gasteiger partial charge in [0.15, 0.2) is 5.69 Å². The summed E-state index contributed by atoms with van der Waals surface area (Å²) in [6.07, 6.45) is -3.35. The first kappa shape index (κ1) is 14.4. The van der Waals surface area contributed by atoms with Gasteiger partial charge in [0.1, 0.15) is 17.6 Å². The van der Waals surface area contributed by atoms with Crippen LogP contribution in [0.3, 0.4) is 0 Å². The first-order valence-corrected chi connectivity index (χ1v) is 5.21. The Hall–Kier alpha value is -2.98. The van der Waals surface area contributed by atoms with Gasteiger partial charge in [-0.15, -0.1) is 0 Å². The minimum Gasteiger partial charge on any atom is -0.476 e. The Kier molecular flexibility index (Phi) is 3.33. The van der Waals surface area contributed by atoms with Gasteiger partial charge in [-0.1, -0.05) is 0 Å². The van der Waals surface area contributed by atoms with Crippen molar-refractivity contribution in [2.24, 2.45) is 0 Å². The normalized spacial score (nSPS) is 11.4. The van der Waals surface area contributed by atoms with Crippen LogP contribution in [0.25, 0.3) is 5.69 Å². The Bertz CT molecular complexity index is 725. The van der Waals surface area contributed by atoms with Crippen molar-refractivity contribution in [3.63, 3.8) is 0 Å². The molecule has 0 atom stereocenters. The van der Waals surface area contributed by atoms with E-state index in [1.807, 2.05) is 0 Å². The summed E-state index contributed by atoms with van der Waals surface area (Å²) in [5.74, 6) is -1.42. The molecule has 0 aromatic carbocycles. The molecule has 0 saturated heterocycles. The number of halogens is 3. The van der Waals surface area contributed by atoms with Crippen molar-refractivity contribution in [2.45, 2.75) is 6.18 Å². The molecule has 11 heteroatoms. The van der Waals surface area contributed by atoms with E-state index in [9.17, 15) is 28.1 Å². The zero-order chi connectivity index (χ0) is 15.8. The first-order valence-electron chi connectivity index (χ1n) is 5.21. The van der Waals surface area contributed by atoms with E-state index in [4.69, 9.17) is 5.11 Å². The van der Waals surface area contributed by atoms with E-state index in [1.54, 1.807) is 0 Å². The van der Waals surface area contributed by atoms with Gasteiger partial charge in [-0.25, -0.2) is 14.5 Å². The molecule has 0 fully saturated rings. The van der Waals surface area contributed by atoms with Crippen molar-refractivity contribution in [3.8, 4) is 5.69 Å². The number of carbonyl (C=O) groups is 1. The van der Waals surface area contributed by atoms with Gasteiger partial charge in [-0.05, 0) is 6.07 Å². The maximum absolute atomic E-state index is 12.6. The second kappa shape index (κ2) is 4.85. The second-order valence-electron chi connectivity index (χ2n) is 3.76. The molecule has 0 radical (unpaired) electrons. The number of alkyl halides is 3. The summed E-state index contributed by atoms with van der Waals surface area (Å²) in [6.45, 7) is 0. The lowest BCUT2D eigenvalue weighted by atomic mass is 10.3. The number of nitrogens with zero attached hydrogens (tertiary/aromatic N) is 4. The molecule has 1 N–H and O–H groups in total. The quantitative estimate of drug-likeness (QED) is 0.684. The molecule has 8 nitrogen and oxygen atoms in total. The number of aromatic nitrogens is 3. The predicted molar refractivity (Wildman–Crippen MR) is 60.0 cm³/mol. The van der Waals surface area contributed by atoms with Crippen LogP contribution < -0.4 is 0 Å². The third-order valence-electron chi connectivity index (χ3n) is 2.40. The maximum Gasteiger partial charge on any atom is 0.433 e. The molecule has 2 aromatic heterocycles. The highest BCUT2D eigenvalue weighted by Gasteiger charge is 2.34. The number of aromatic carboxylic acids is 1. The van der Waals surface area contributed by atoms with E-state index < -0.39 is 39.8 Å². The molecule has 110 valence electrons. The van der Waals surface area contributed by atoms with Crippen molar-refractivity contribution < 1.29 is 28.0 Å². The zero-order valence-electron chi connectivity index (χ0n) is 9.90. The minimum atomic E-state index is -4.80. The van der Waals surface area contributed by atoms with Crippen LogP contribution in [0.15, 0.2) is 24.5 Å². The lowest BCUT2D eigenvalue weighted by molar-refractivity contribution is -0.385.